The van der Waals surface area contributed by atoms with Crippen molar-refractivity contribution in [2.75, 3.05) is 13.7 Å². The number of carbonyl (C=O) groups excluding carboxylic acids is 2. The van der Waals surface area contributed by atoms with E-state index in [-0.39, 0.29) is 41.2 Å². The van der Waals surface area contributed by atoms with Crippen molar-refractivity contribution in [1.29, 1.82) is 0 Å². The van der Waals surface area contributed by atoms with Crippen LogP contribution in [0.1, 0.15) is 106 Å². The molecule has 0 spiro atoms. The first kappa shape index (κ1) is 29.4. The Labute approximate surface area is 218 Å². The van der Waals surface area contributed by atoms with E-state index in [0.717, 1.165) is 32.1 Å². The molecule has 9 atom stereocenters. The van der Waals surface area contributed by atoms with E-state index in [0.29, 0.717) is 49.4 Å². The second kappa shape index (κ2) is 11.3. The number of hydrogen-bond donors (Lipinski definition) is 2. The molecule has 36 heavy (non-hydrogen) atoms. The number of hydrogen-bond acceptors (Lipinski definition) is 6. The molecular formula is C30H52O6. The largest absolute Gasteiger partial charge is 0.469 e. The molecule has 2 N–H and O–H groups in total. The third-order valence-corrected chi connectivity index (χ3v) is 10.6. The maximum atomic E-state index is 12.2. The number of ether oxygens (including phenoxy) is 2. The minimum atomic E-state index is -0.436. The van der Waals surface area contributed by atoms with Gasteiger partial charge in [-0.1, -0.05) is 20.8 Å². The molecule has 3 aliphatic rings. The number of fused-ring (bicyclic) bond motifs is 3. The summed E-state index contributed by atoms with van der Waals surface area (Å²) in [7, 11) is 1.42. The van der Waals surface area contributed by atoms with Gasteiger partial charge >= 0.3 is 11.9 Å². The van der Waals surface area contributed by atoms with E-state index in [1.165, 1.54) is 13.5 Å². The maximum Gasteiger partial charge on any atom is 0.306 e. The number of rotatable bonds is 9. The lowest BCUT2D eigenvalue weighted by Crippen LogP contribution is -2.57. The van der Waals surface area contributed by atoms with Crippen LogP contribution in [0.2, 0.25) is 0 Å². The summed E-state index contributed by atoms with van der Waals surface area (Å²) in [6.07, 6.45) is 7.97. The zero-order valence-electron chi connectivity index (χ0n) is 23.8. The second-order valence-corrected chi connectivity index (χ2v) is 13.7. The van der Waals surface area contributed by atoms with Gasteiger partial charge in [-0.15, -0.1) is 0 Å². The van der Waals surface area contributed by atoms with Crippen molar-refractivity contribution < 1.29 is 29.3 Å². The molecule has 3 fully saturated rings. The predicted molar refractivity (Wildman–Crippen MR) is 140 cm³/mol. The van der Waals surface area contributed by atoms with Crippen LogP contribution in [0.4, 0.5) is 0 Å². The Morgan fingerprint density at radius 1 is 1.08 bits per heavy atom. The Balaban J connectivity index is 1.71. The summed E-state index contributed by atoms with van der Waals surface area (Å²) in [6.45, 7) is 12.9. The van der Waals surface area contributed by atoms with Gasteiger partial charge in [-0.3, -0.25) is 9.59 Å². The van der Waals surface area contributed by atoms with Crippen molar-refractivity contribution in [2.45, 2.75) is 117 Å². The molecule has 0 aromatic rings. The third kappa shape index (κ3) is 5.95. The summed E-state index contributed by atoms with van der Waals surface area (Å²) < 4.78 is 10.5. The van der Waals surface area contributed by atoms with E-state index in [9.17, 15) is 19.8 Å². The molecule has 6 heteroatoms. The molecule has 6 nitrogen and oxygen atoms in total. The Kier molecular flexibility index (Phi) is 9.24. The van der Waals surface area contributed by atoms with Crippen LogP contribution in [0.15, 0.2) is 0 Å². The van der Waals surface area contributed by atoms with E-state index in [4.69, 9.17) is 9.47 Å². The maximum absolute atomic E-state index is 12.2. The van der Waals surface area contributed by atoms with Crippen molar-refractivity contribution in [3.05, 3.63) is 0 Å². The molecule has 0 aromatic carbocycles. The molecule has 0 unspecified atom stereocenters. The zero-order chi connectivity index (χ0) is 26.9. The van der Waals surface area contributed by atoms with Crippen molar-refractivity contribution >= 4 is 11.9 Å². The molecule has 3 aliphatic carbocycles. The molecule has 3 rings (SSSR count). The second-order valence-electron chi connectivity index (χ2n) is 13.7. The van der Waals surface area contributed by atoms with Gasteiger partial charge in [0.05, 0.1) is 13.2 Å². The normalized spacial score (nSPS) is 39.1. The van der Waals surface area contributed by atoms with Crippen LogP contribution in [-0.2, 0) is 19.1 Å². The average molecular weight is 509 g/mol. The van der Waals surface area contributed by atoms with Crippen LogP contribution in [-0.4, -0.2) is 47.6 Å². The van der Waals surface area contributed by atoms with Crippen LogP contribution in [0.5, 0.6) is 0 Å². The molecule has 0 bridgehead atoms. The van der Waals surface area contributed by atoms with Crippen molar-refractivity contribution in [3.63, 3.8) is 0 Å². The summed E-state index contributed by atoms with van der Waals surface area (Å²) in [6, 6.07) is 0. The van der Waals surface area contributed by atoms with Gasteiger partial charge in [0, 0.05) is 19.4 Å². The fraction of sp³-hybridized carbons (Fsp3) is 0.933. The highest BCUT2D eigenvalue weighted by Crippen LogP contribution is 2.67. The smallest absolute Gasteiger partial charge is 0.306 e. The molecule has 0 aromatic heterocycles. The Morgan fingerprint density at radius 3 is 2.39 bits per heavy atom. The Hall–Kier alpha value is -1.14. The van der Waals surface area contributed by atoms with Gasteiger partial charge in [-0.2, -0.15) is 0 Å². The van der Waals surface area contributed by atoms with Gasteiger partial charge in [0.1, 0.15) is 5.60 Å². The third-order valence-electron chi connectivity index (χ3n) is 10.6. The van der Waals surface area contributed by atoms with Crippen molar-refractivity contribution in [3.8, 4) is 0 Å². The monoisotopic (exact) mass is 508 g/mol. The van der Waals surface area contributed by atoms with Crippen LogP contribution in [0.25, 0.3) is 0 Å². The van der Waals surface area contributed by atoms with E-state index in [1.807, 2.05) is 20.8 Å². The van der Waals surface area contributed by atoms with Gasteiger partial charge in [0.15, 0.2) is 0 Å². The lowest BCUT2D eigenvalue weighted by molar-refractivity contribution is -0.168. The standard InChI is InChI=1S/C30H52O6/c1-19(9-8-10-25(33)36-28(2,3)4)21-11-12-22-27-23(13-14-30(21,22)6)29(5,15-16-31)20(17-24(27)32)18-26(34)35-7/h19-24,27,31-32H,8-18H2,1-7H3/t19-,20-,21-,22+,23+,24+,27+,29+,30-/m1/s1. The summed E-state index contributed by atoms with van der Waals surface area (Å²) in [5, 5.41) is 21.5. The molecule has 0 radical (unpaired) electrons. The van der Waals surface area contributed by atoms with E-state index < -0.39 is 11.7 Å². The van der Waals surface area contributed by atoms with Crippen LogP contribution in [0.3, 0.4) is 0 Å². The number of esters is 2. The predicted octanol–water partition coefficient (Wildman–Crippen LogP) is 5.53. The van der Waals surface area contributed by atoms with Crippen LogP contribution in [0, 0.1) is 46.3 Å². The lowest BCUT2D eigenvalue weighted by Gasteiger charge is -2.60. The number of methoxy groups -OCH3 is 1. The fourth-order valence-electron chi connectivity index (χ4n) is 8.89. The fourth-order valence-corrected chi connectivity index (χ4v) is 8.89. The highest BCUT2D eigenvalue weighted by molar-refractivity contribution is 5.70. The average Bonchev–Trinajstić information content (AvgIpc) is 3.13. The molecule has 0 aliphatic heterocycles. The van der Waals surface area contributed by atoms with E-state index >= 15 is 0 Å². The molecule has 208 valence electrons. The minimum Gasteiger partial charge on any atom is -0.469 e. The zero-order valence-corrected chi connectivity index (χ0v) is 23.8. The van der Waals surface area contributed by atoms with Crippen molar-refractivity contribution in [2.24, 2.45) is 46.3 Å². The molecule has 3 saturated carbocycles. The molecular weight excluding hydrogens is 456 g/mol. The minimum absolute atomic E-state index is 0.0293. The number of aliphatic hydroxyl groups excluding tert-OH is 2. The SMILES string of the molecule is COC(=O)C[C@H]1C[C@H](O)[C@@H]2[C@H](CC[C@]3(C)[C@@H]([C@H](C)CCCC(=O)OC(C)(C)C)CC[C@@H]23)[C@@]1(C)CCO. The van der Waals surface area contributed by atoms with Gasteiger partial charge in [0.2, 0.25) is 0 Å². The molecule has 0 amide bonds. The Morgan fingerprint density at radius 2 is 1.78 bits per heavy atom. The van der Waals surface area contributed by atoms with Crippen molar-refractivity contribution in [1.82, 2.24) is 0 Å². The van der Waals surface area contributed by atoms with E-state index in [1.54, 1.807) is 0 Å². The first-order chi connectivity index (χ1) is 16.8. The topological polar surface area (TPSA) is 93.1 Å². The van der Waals surface area contributed by atoms with Gasteiger partial charge in [0.25, 0.3) is 0 Å². The summed E-state index contributed by atoms with van der Waals surface area (Å²) in [5.41, 5.74) is -0.428. The summed E-state index contributed by atoms with van der Waals surface area (Å²) >= 11 is 0. The molecule has 0 heterocycles. The lowest BCUT2D eigenvalue weighted by atomic mass is 9.45. The Bertz CT molecular complexity index is 774. The van der Waals surface area contributed by atoms with E-state index in [2.05, 4.69) is 20.8 Å². The van der Waals surface area contributed by atoms with Crippen LogP contribution >= 0.6 is 0 Å². The van der Waals surface area contributed by atoms with Gasteiger partial charge < -0.3 is 19.7 Å². The first-order valence-electron chi connectivity index (χ1n) is 14.3. The number of carbonyl (C=O) groups is 2. The quantitative estimate of drug-likeness (QED) is 0.398. The summed E-state index contributed by atoms with van der Waals surface area (Å²) in [4.78, 5) is 24.4. The number of aliphatic hydroxyl groups is 2. The van der Waals surface area contributed by atoms with Crippen LogP contribution < -0.4 is 0 Å². The summed E-state index contributed by atoms with van der Waals surface area (Å²) in [5.74, 6) is 1.79. The highest BCUT2D eigenvalue weighted by atomic mass is 16.6. The van der Waals surface area contributed by atoms with Gasteiger partial charge in [-0.25, -0.2) is 0 Å². The first-order valence-corrected chi connectivity index (χ1v) is 14.3. The van der Waals surface area contributed by atoms with Gasteiger partial charge in [-0.05, 0) is 118 Å². The highest BCUT2D eigenvalue weighted by Gasteiger charge is 2.62. The molecule has 0 saturated heterocycles.